The molecule has 4 nitrogen and oxygen atoms in total. The topological polar surface area (TPSA) is 33.1 Å². The molecular weight excluding hydrogens is 272 g/mol. The van der Waals surface area contributed by atoms with Gasteiger partial charge in [-0.15, -0.1) is 0 Å². The third-order valence-electron chi connectivity index (χ3n) is 4.68. The smallest absolute Gasteiger partial charge is 0.0860 e. The van der Waals surface area contributed by atoms with E-state index in [0.717, 1.165) is 36.0 Å². The fourth-order valence-electron chi connectivity index (χ4n) is 3.27. The van der Waals surface area contributed by atoms with Crippen LogP contribution in [0.3, 0.4) is 0 Å². The van der Waals surface area contributed by atoms with Gasteiger partial charge in [-0.2, -0.15) is 5.10 Å². The van der Waals surface area contributed by atoms with Gasteiger partial charge in [-0.05, 0) is 40.8 Å². The van der Waals surface area contributed by atoms with Crippen molar-refractivity contribution in [2.24, 2.45) is 0 Å². The van der Waals surface area contributed by atoms with Gasteiger partial charge in [0.15, 0.2) is 0 Å². The summed E-state index contributed by atoms with van der Waals surface area (Å²) in [5, 5.41) is 8.88. The highest BCUT2D eigenvalue weighted by Crippen LogP contribution is 2.33. The van der Waals surface area contributed by atoms with Crippen molar-refractivity contribution in [3.8, 4) is 0 Å². The fraction of sp³-hybridized carbons (Fsp3) is 0.800. The maximum Gasteiger partial charge on any atom is 0.0860 e. The Hall–Kier alpha value is -0.580. The Morgan fingerprint density at radius 1 is 1.35 bits per heavy atom. The highest BCUT2D eigenvalue weighted by molar-refractivity contribution is 6.31. The molecule has 1 aliphatic rings. The standard InChI is InChI=1S/C15H27ClN4/c1-5-20-13(14(16)12(2)18-20)10-17-11-15(19(3)4)8-6-7-9-15/h17H,5-11H2,1-4H3. The van der Waals surface area contributed by atoms with Crippen LogP contribution >= 0.6 is 11.6 Å². The SMILES string of the molecule is CCn1nc(C)c(Cl)c1CNCC1(N(C)C)CCCC1. The van der Waals surface area contributed by atoms with Gasteiger partial charge in [0.2, 0.25) is 0 Å². The van der Waals surface area contributed by atoms with Gasteiger partial charge in [0.05, 0.1) is 16.4 Å². The van der Waals surface area contributed by atoms with E-state index in [1.165, 1.54) is 25.7 Å². The van der Waals surface area contributed by atoms with Gasteiger partial charge in [0, 0.05) is 25.2 Å². The van der Waals surface area contributed by atoms with E-state index in [9.17, 15) is 0 Å². The molecule has 0 aliphatic heterocycles. The molecule has 20 heavy (non-hydrogen) atoms. The first-order valence-electron chi connectivity index (χ1n) is 7.60. The summed E-state index contributed by atoms with van der Waals surface area (Å²) < 4.78 is 2.00. The van der Waals surface area contributed by atoms with E-state index in [-0.39, 0.29) is 0 Å². The zero-order chi connectivity index (χ0) is 14.8. The number of rotatable bonds is 6. The molecule has 0 saturated heterocycles. The van der Waals surface area contributed by atoms with E-state index in [0.29, 0.717) is 5.54 Å². The number of aromatic nitrogens is 2. The van der Waals surface area contributed by atoms with Crippen molar-refractivity contribution in [1.82, 2.24) is 20.0 Å². The Morgan fingerprint density at radius 3 is 2.55 bits per heavy atom. The van der Waals surface area contributed by atoms with Crippen LogP contribution in [-0.4, -0.2) is 40.9 Å². The number of nitrogens with zero attached hydrogens (tertiary/aromatic N) is 3. The average molecular weight is 299 g/mol. The lowest BCUT2D eigenvalue weighted by atomic mass is 9.96. The molecule has 1 aliphatic carbocycles. The molecule has 0 amide bonds. The van der Waals surface area contributed by atoms with Crippen LogP contribution in [0.5, 0.6) is 0 Å². The highest BCUT2D eigenvalue weighted by Gasteiger charge is 2.35. The van der Waals surface area contributed by atoms with Crippen molar-refractivity contribution < 1.29 is 0 Å². The van der Waals surface area contributed by atoms with E-state index < -0.39 is 0 Å². The molecule has 5 heteroatoms. The summed E-state index contributed by atoms with van der Waals surface area (Å²) in [5.74, 6) is 0. The monoisotopic (exact) mass is 298 g/mol. The number of hydrogen-bond acceptors (Lipinski definition) is 3. The molecule has 1 N–H and O–H groups in total. The van der Waals surface area contributed by atoms with Gasteiger partial charge in [-0.3, -0.25) is 4.68 Å². The Labute approximate surface area is 127 Å². The predicted octanol–water partition coefficient (Wildman–Crippen LogP) is 2.83. The summed E-state index contributed by atoms with van der Waals surface area (Å²) in [6.45, 7) is 6.75. The van der Waals surface area contributed by atoms with Crippen molar-refractivity contribution in [2.45, 2.75) is 58.2 Å². The first-order chi connectivity index (χ1) is 9.50. The maximum absolute atomic E-state index is 6.35. The minimum Gasteiger partial charge on any atom is -0.309 e. The Kier molecular flexibility index (Phi) is 5.10. The summed E-state index contributed by atoms with van der Waals surface area (Å²) in [5.41, 5.74) is 2.35. The lowest BCUT2D eigenvalue weighted by Gasteiger charge is -2.36. The van der Waals surface area contributed by atoms with Crippen LogP contribution in [-0.2, 0) is 13.1 Å². The minimum absolute atomic E-state index is 0.318. The van der Waals surface area contributed by atoms with Gasteiger partial charge >= 0.3 is 0 Å². The third kappa shape index (κ3) is 3.02. The van der Waals surface area contributed by atoms with E-state index in [1.54, 1.807) is 0 Å². The summed E-state index contributed by atoms with van der Waals surface area (Å²) >= 11 is 6.35. The van der Waals surface area contributed by atoms with Crippen molar-refractivity contribution in [2.75, 3.05) is 20.6 Å². The van der Waals surface area contributed by atoms with Crippen LogP contribution < -0.4 is 5.32 Å². The Morgan fingerprint density at radius 2 is 2.00 bits per heavy atom. The molecule has 0 spiro atoms. The van der Waals surface area contributed by atoms with E-state index in [1.807, 2.05) is 11.6 Å². The number of aryl methyl sites for hydroxylation is 2. The highest BCUT2D eigenvalue weighted by atomic mass is 35.5. The van der Waals surface area contributed by atoms with Crippen LogP contribution in [0.1, 0.15) is 44.0 Å². The Balaban J connectivity index is 1.99. The van der Waals surface area contributed by atoms with E-state index >= 15 is 0 Å². The molecule has 114 valence electrons. The summed E-state index contributed by atoms with van der Waals surface area (Å²) in [6.07, 6.45) is 5.25. The molecule has 0 atom stereocenters. The predicted molar refractivity (Wildman–Crippen MR) is 84.2 cm³/mol. The van der Waals surface area contributed by atoms with Crippen molar-refractivity contribution in [3.63, 3.8) is 0 Å². The van der Waals surface area contributed by atoms with Crippen LogP contribution in [0.2, 0.25) is 5.02 Å². The fourth-order valence-corrected chi connectivity index (χ4v) is 3.47. The summed E-state index contributed by atoms with van der Waals surface area (Å²) in [6, 6.07) is 0. The number of halogens is 1. The van der Waals surface area contributed by atoms with E-state index in [2.05, 4.69) is 36.3 Å². The first kappa shape index (κ1) is 15.8. The average Bonchev–Trinajstić information content (AvgIpc) is 2.99. The molecule has 1 saturated carbocycles. The molecule has 0 aromatic carbocycles. The van der Waals surface area contributed by atoms with Crippen molar-refractivity contribution in [1.29, 1.82) is 0 Å². The van der Waals surface area contributed by atoms with Crippen LogP contribution in [0.25, 0.3) is 0 Å². The second-order valence-corrected chi connectivity index (χ2v) is 6.47. The minimum atomic E-state index is 0.318. The number of hydrogen-bond donors (Lipinski definition) is 1. The number of likely N-dealkylation sites (N-methyl/N-ethyl adjacent to an activating group) is 1. The first-order valence-corrected chi connectivity index (χ1v) is 7.98. The molecule has 1 fully saturated rings. The lowest BCUT2D eigenvalue weighted by Crippen LogP contribution is -2.49. The molecule has 1 aromatic rings. The van der Waals surface area contributed by atoms with Gasteiger partial charge < -0.3 is 10.2 Å². The largest absolute Gasteiger partial charge is 0.309 e. The van der Waals surface area contributed by atoms with Gasteiger partial charge in [0.25, 0.3) is 0 Å². The molecule has 1 heterocycles. The normalized spacial score (nSPS) is 18.1. The maximum atomic E-state index is 6.35. The summed E-state index contributed by atoms with van der Waals surface area (Å²) in [4.78, 5) is 2.39. The van der Waals surface area contributed by atoms with Crippen molar-refractivity contribution in [3.05, 3.63) is 16.4 Å². The van der Waals surface area contributed by atoms with Gasteiger partial charge in [-0.25, -0.2) is 0 Å². The quantitative estimate of drug-likeness (QED) is 0.877. The second-order valence-electron chi connectivity index (χ2n) is 6.09. The molecule has 0 bridgehead atoms. The zero-order valence-electron chi connectivity index (χ0n) is 13.2. The van der Waals surface area contributed by atoms with Crippen molar-refractivity contribution >= 4 is 11.6 Å². The lowest BCUT2D eigenvalue weighted by molar-refractivity contribution is 0.153. The summed E-state index contributed by atoms with van der Waals surface area (Å²) in [7, 11) is 4.39. The van der Waals surface area contributed by atoms with E-state index in [4.69, 9.17) is 11.6 Å². The molecule has 1 aromatic heterocycles. The van der Waals surface area contributed by atoms with Gasteiger partial charge in [-0.1, -0.05) is 24.4 Å². The second kappa shape index (κ2) is 6.46. The Bertz CT molecular complexity index is 447. The number of nitrogens with one attached hydrogen (secondary N) is 1. The molecule has 2 rings (SSSR count). The van der Waals surface area contributed by atoms with Crippen LogP contribution in [0, 0.1) is 6.92 Å². The molecule has 0 unspecified atom stereocenters. The van der Waals surface area contributed by atoms with Gasteiger partial charge in [0.1, 0.15) is 0 Å². The van der Waals surface area contributed by atoms with Crippen LogP contribution in [0.4, 0.5) is 0 Å². The zero-order valence-corrected chi connectivity index (χ0v) is 13.9. The molecular formula is C15H27ClN4. The van der Waals surface area contributed by atoms with Crippen LogP contribution in [0.15, 0.2) is 0 Å². The third-order valence-corrected chi connectivity index (χ3v) is 5.17. The molecule has 0 radical (unpaired) electrons.